The van der Waals surface area contributed by atoms with Gasteiger partial charge < -0.3 is 19.9 Å². The van der Waals surface area contributed by atoms with Gasteiger partial charge in [0, 0.05) is 26.3 Å². The summed E-state index contributed by atoms with van der Waals surface area (Å²) in [7, 11) is 4.46. The number of hydrogen-bond donors (Lipinski definition) is 1. The van der Waals surface area contributed by atoms with Crippen molar-refractivity contribution in [1.82, 2.24) is 0 Å². The van der Waals surface area contributed by atoms with Gasteiger partial charge in [-0.25, -0.2) is 4.79 Å². The maximum atomic E-state index is 11.3. The molecule has 17 heavy (non-hydrogen) atoms. The Morgan fingerprint density at radius 2 is 1.94 bits per heavy atom. The molecule has 0 spiro atoms. The van der Waals surface area contributed by atoms with Gasteiger partial charge in [-0.2, -0.15) is 0 Å². The highest BCUT2D eigenvalue weighted by Gasteiger charge is 2.12. The first kappa shape index (κ1) is 13.5. The molecule has 0 aliphatic heterocycles. The third-order valence-electron chi connectivity index (χ3n) is 2.48. The zero-order valence-electron chi connectivity index (χ0n) is 10.2. The van der Waals surface area contributed by atoms with Crippen LogP contribution in [0.25, 0.3) is 0 Å². The van der Waals surface area contributed by atoms with Crippen molar-refractivity contribution in [2.24, 2.45) is 0 Å². The monoisotopic (exact) mass is 239 g/mol. The van der Waals surface area contributed by atoms with Gasteiger partial charge in [0.05, 0.1) is 12.7 Å². The van der Waals surface area contributed by atoms with Gasteiger partial charge in [-0.3, -0.25) is 0 Å². The topological polar surface area (TPSA) is 70.8 Å². The van der Waals surface area contributed by atoms with E-state index in [1.807, 2.05) is 0 Å². The number of anilines is 1. The fraction of sp³-hybridized carbons (Fsp3) is 0.417. The van der Waals surface area contributed by atoms with E-state index in [0.717, 1.165) is 5.56 Å². The number of methoxy groups -OCH3 is 3. The summed E-state index contributed by atoms with van der Waals surface area (Å²) in [5.74, 6) is -0.404. The zero-order valence-corrected chi connectivity index (χ0v) is 10.2. The predicted molar refractivity (Wildman–Crippen MR) is 63.7 cm³/mol. The minimum absolute atomic E-state index is 0.346. The van der Waals surface area contributed by atoms with Gasteiger partial charge in [0.1, 0.15) is 0 Å². The van der Waals surface area contributed by atoms with Crippen LogP contribution >= 0.6 is 0 Å². The standard InChI is InChI=1S/C12H17NO4/c1-15-11(16-2)7-8-4-5-9(6-10(8)13)12(14)17-3/h4-6,11H,7,13H2,1-3H3. The lowest BCUT2D eigenvalue weighted by Gasteiger charge is -2.14. The summed E-state index contributed by atoms with van der Waals surface area (Å²) in [5, 5.41) is 0. The van der Waals surface area contributed by atoms with Crippen LogP contribution in [0.1, 0.15) is 15.9 Å². The van der Waals surface area contributed by atoms with Crippen LogP contribution in [0, 0.1) is 0 Å². The molecule has 1 aromatic carbocycles. The molecule has 0 unspecified atom stereocenters. The molecule has 1 aromatic rings. The first-order chi connectivity index (χ1) is 8.12. The van der Waals surface area contributed by atoms with E-state index >= 15 is 0 Å². The molecule has 5 heteroatoms. The van der Waals surface area contributed by atoms with Crippen LogP contribution in [-0.2, 0) is 20.6 Å². The molecule has 5 nitrogen and oxygen atoms in total. The van der Waals surface area contributed by atoms with E-state index in [-0.39, 0.29) is 6.29 Å². The van der Waals surface area contributed by atoms with Crippen molar-refractivity contribution >= 4 is 11.7 Å². The van der Waals surface area contributed by atoms with Gasteiger partial charge in [-0.15, -0.1) is 0 Å². The first-order valence-electron chi connectivity index (χ1n) is 5.14. The van der Waals surface area contributed by atoms with Crippen LogP contribution in [-0.4, -0.2) is 33.6 Å². The lowest BCUT2D eigenvalue weighted by atomic mass is 10.1. The second-order valence-electron chi connectivity index (χ2n) is 3.51. The van der Waals surface area contributed by atoms with E-state index < -0.39 is 5.97 Å². The Bertz CT molecular complexity index is 388. The van der Waals surface area contributed by atoms with Gasteiger partial charge in [-0.1, -0.05) is 6.07 Å². The van der Waals surface area contributed by atoms with Crippen molar-refractivity contribution in [3.63, 3.8) is 0 Å². The van der Waals surface area contributed by atoms with Gasteiger partial charge in [0.15, 0.2) is 6.29 Å². The Labute approximate surface area is 100 Å². The number of carbonyl (C=O) groups is 1. The average molecular weight is 239 g/mol. The molecule has 0 heterocycles. The average Bonchev–Trinajstić information content (AvgIpc) is 2.36. The molecule has 0 aliphatic carbocycles. The molecular weight excluding hydrogens is 222 g/mol. The summed E-state index contributed by atoms with van der Waals surface area (Å²) in [5.41, 5.74) is 7.67. The quantitative estimate of drug-likeness (QED) is 0.475. The third-order valence-corrected chi connectivity index (χ3v) is 2.48. The number of nitrogen functional groups attached to an aromatic ring is 1. The highest BCUT2D eigenvalue weighted by molar-refractivity contribution is 5.90. The van der Waals surface area contributed by atoms with Crippen molar-refractivity contribution in [2.45, 2.75) is 12.7 Å². The minimum atomic E-state index is -0.404. The van der Waals surface area contributed by atoms with Gasteiger partial charge in [0.2, 0.25) is 0 Å². The lowest BCUT2D eigenvalue weighted by Crippen LogP contribution is -2.17. The number of carbonyl (C=O) groups excluding carboxylic acids is 1. The van der Waals surface area contributed by atoms with E-state index in [2.05, 4.69) is 4.74 Å². The largest absolute Gasteiger partial charge is 0.465 e. The maximum absolute atomic E-state index is 11.3. The number of ether oxygens (including phenoxy) is 3. The van der Waals surface area contributed by atoms with E-state index in [0.29, 0.717) is 17.7 Å². The van der Waals surface area contributed by atoms with E-state index in [1.165, 1.54) is 7.11 Å². The fourth-order valence-electron chi connectivity index (χ4n) is 1.47. The number of rotatable bonds is 5. The van der Waals surface area contributed by atoms with Crippen molar-refractivity contribution < 1.29 is 19.0 Å². The van der Waals surface area contributed by atoms with E-state index in [1.54, 1.807) is 32.4 Å². The van der Waals surface area contributed by atoms with Crippen LogP contribution < -0.4 is 5.73 Å². The molecule has 0 saturated carbocycles. The van der Waals surface area contributed by atoms with Crippen LogP contribution in [0.2, 0.25) is 0 Å². The smallest absolute Gasteiger partial charge is 0.337 e. The van der Waals surface area contributed by atoms with Crippen molar-refractivity contribution in [2.75, 3.05) is 27.1 Å². The lowest BCUT2D eigenvalue weighted by molar-refractivity contribution is -0.100. The molecule has 0 bridgehead atoms. The second kappa shape index (κ2) is 6.22. The third kappa shape index (κ3) is 3.44. The Morgan fingerprint density at radius 1 is 1.29 bits per heavy atom. The van der Waals surface area contributed by atoms with Gasteiger partial charge in [-0.05, 0) is 17.7 Å². The second-order valence-corrected chi connectivity index (χ2v) is 3.51. The number of nitrogens with two attached hydrogens (primary N) is 1. The first-order valence-corrected chi connectivity index (χ1v) is 5.14. The molecule has 0 aliphatic rings. The molecule has 0 atom stereocenters. The van der Waals surface area contributed by atoms with Crippen LogP contribution in [0.15, 0.2) is 18.2 Å². The molecular formula is C12H17NO4. The highest BCUT2D eigenvalue weighted by atomic mass is 16.7. The highest BCUT2D eigenvalue weighted by Crippen LogP contribution is 2.17. The molecule has 0 radical (unpaired) electrons. The summed E-state index contributed by atoms with van der Waals surface area (Å²) < 4.78 is 14.8. The van der Waals surface area contributed by atoms with Crippen molar-refractivity contribution in [3.8, 4) is 0 Å². The van der Waals surface area contributed by atoms with Gasteiger partial charge >= 0.3 is 5.97 Å². The molecule has 2 N–H and O–H groups in total. The van der Waals surface area contributed by atoms with Crippen molar-refractivity contribution in [1.29, 1.82) is 0 Å². The zero-order chi connectivity index (χ0) is 12.8. The molecule has 0 saturated heterocycles. The van der Waals surface area contributed by atoms with Gasteiger partial charge in [0.25, 0.3) is 0 Å². The number of esters is 1. The predicted octanol–water partition coefficient (Wildman–Crippen LogP) is 1.22. The maximum Gasteiger partial charge on any atom is 0.337 e. The number of benzene rings is 1. The summed E-state index contributed by atoms with van der Waals surface area (Å²) in [6.07, 6.45) is 0.182. The Hall–Kier alpha value is -1.59. The summed E-state index contributed by atoms with van der Waals surface area (Å²) in [6, 6.07) is 5.02. The van der Waals surface area contributed by atoms with Crippen molar-refractivity contribution in [3.05, 3.63) is 29.3 Å². The van der Waals surface area contributed by atoms with Crippen LogP contribution in [0.3, 0.4) is 0 Å². The molecule has 0 aromatic heterocycles. The SMILES string of the molecule is COC(=O)c1ccc(CC(OC)OC)c(N)c1. The van der Waals surface area contributed by atoms with E-state index in [9.17, 15) is 4.79 Å². The summed E-state index contributed by atoms with van der Waals surface area (Å²) in [6.45, 7) is 0. The van der Waals surface area contributed by atoms with Crippen LogP contribution in [0.4, 0.5) is 5.69 Å². The minimum Gasteiger partial charge on any atom is -0.465 e. The number of hydrogen-bond acceptors (Lipinski definition) is 5. The molecule has 1 rings (SSSR count). The Kier molecular flexibility index (Phi) is 4.93. The van der Waals surface area contributed by atoms with Crippen LogP contribution in [0.5, 0.6) is 0 Å². The Morgan fingerprint density at radius 3 is 2.41 bits per heavy atom. The Balaban J connectivity index is 2.86. The molecule has 94 valence electrons. The fourth-order valence-corrected chi connectivity index (χ4v) is 1.47. The molecule has 0 amide bonds. The normalized spacial score (nSPS) is 10.6. The summed E-state index contributed by atoms with van der Waals surface area (Å²) in [4.78, 5) is 11.3. The van der Waals surface area contributed by atoms with E-state index in [4.69, 9.17) is 15.2 Å². The summed E-state index contributed by atoms with van der Waals surface area (Å²) >= 11 is 0. The molecule has 0 fully saturated rings.